The van der Waals surface area contributed by atoms with Gasteiger partial charge >= 0.3 is 0 Å². The summed E-state index contributed by atoms with van der Waals surface area (Å²) in [5.74, 6) is 6.84. The van der Waals surface area contributed by atoms with Crippen molar-refractivity contribution in [1.82, 2.24) is 14.8 Å². The van der Waals surface area contributed by atoms with Crippen LogP contribution in [0.5, 0.6) is 0 Å². The smallest absolute Gasteiger partial charge is 0.158 e. The molecule has 0 amide bonds. The molecule has 2 bridgehead atoms. The second kappa shape index (κ2) is 4.05. The molecule has 3 fully saturated rings. The van der Waals surface area contributed by atoms with Crippen molar-refractivity contribution in [2.24, 2.45) is 29.6 Å². The molecular weight excluding hydrogens is 238 g/mol. The molecule has 0 aromatic carbocycles. The summed E-state index contributed by atoms with van der Waals surface area (Å²) in [6, 6.07) is 0. The Labute approximate surface area is 114 Å². The van der Waals surface area contributed by atoms with Crippen LogP contribution >= 0.6 is 0 Å². The predicted molar refractivity (Wildman–Crippen MR) is 71.3 cm³/mol. The Morgan fingerprint density at radius 2 is 1.89 bits per heavy atom. The third kappa shape index (κ3) is 1.62. The van der Waals surface area contributed by atoms with E-state index in [9.17, 15) is 5.11 Å². The van der Waals surface area contributed by atoms with Crippen molar-refractivity contribution in [3.05, 3.63) is 11.6 Å². The molecule has 4 unspecified atom stereocenters. The molecule has 3 saturated carbocycles. The van der Waals surface area contributed by atoms with Crippen molar-refractivity contribution in [1.29, 1.82) is 0 Å². The summed E-state index contributed by atoms with van der Waals surface area (Å²) < 4.78 is 2.20. The Morgan fingerprint density at radius 1 is 1.21 bits per heavy atom. The fourth-order valence-corrected chi connectivity index (χ4v) is 4.95. The maximum Gasteiger partial charge on any atom is 0.158 e. The first-order valence-electron chi connectivity index (χ1n) is 7.73. The van der Waals surface area contributed by atoms with E-state index in [4.69, 9.17) is 0 Å². The third-order valence-corrected chi connectivity index (χ3v) is 5.58. The van der Waals surface area contributed by atoms with Gasteiger partial charge in [0.2, 0.25) is 0 Å². The van der Waals surface area contributed by atoms with E-state index >= 15 is 0 Å². The van der Waals surface area contributed by atoms with Crippen molar-refractivity contribution in [2.75, 3.05) is 0 Å². The van der Waals surface area contributed by atoms with E-state index in [1.807, 2.05) is 0 Å². The molecule has 4 rings (SSSR count). The standard InChI is InChI=1S/C15H23N3O/c1-8(2)6-18-11(7-19)16-17-15(18)14-12-9-3-4-10(5-9)13(12)14/h8-10,12-14,19H,3-7H2,1-2H3. The van der Waals surface area contributed by atoms with Gasteiger partial charge in [-0.3, -0.25) is 0 Å². The van der Waals surface area contributed by atoms with E-state index in [1.165, 1.54) is 25.1 Å². The molecule has 19 heavy (non-hydrogen) atoms. The van der Waals surface area contributed by atoms with E-state index in [0.717, 1.165) is 36.0 Å². The van der Waals surface area contributed by atoms with Gasteiger partial charge in [0.15, 0.2) is 5.82 Å². The Hall–Kier alpha value is -0.900. The number of hydrogen-bond donors (Lipinski definition) is 1. The minimum absolute atomic E-state index is 0.00856. The fourth-order valence-electron chi connectivity index (χ4n) is 4.95. The number of rotatable bonds is 4. The topological polar surface area (TPSA) is 50.9 Å². The van der Waals surface area contributed by atoms with E-state index < -0.39 is 0 Å². The second-order valence-corrected chi connectivity index (χ2v) is 7.15. The largest absolute Gasteiger partial charge is 0.388 e. The van der Waals surface area contributed by atoms with E-state index in [-0.39, 0.29) is 6.61 Å². The monoisotopic (exact) mass is 261 g/mol. The van der Waals surface area contributed by atoms with Crippen LogP contribution in [0.3, 0.4) is 0 Å². The molecule has 104 valence electrons. The van der Waals surface area contributed by atoms with Crippen molar-refractivity contribution in [3.63, 3.8) is 0 Å². The van der Waals surface area contributed by atoms with Gasteiger partial charge in [0, 0.05) is 12.5 Å². The summed E-state index contributed by atoms with van der Waals surface area (Å²) in [5.41, 5.74) is 0. The summed E-state index contributed by atoms with van der Waals surface area (Å²) in [6.07, 6.45) is 4.35. The van der Waals surface area contributed by atoms with Gasteiger partial charge in [-0.1, -0.05) is 13.8 Å². The van der Waals surface area contributed by atoms with Crippen molar-refractivity contribution < 1.29 is 5.11 Å². The average Bonchev–Trinajstić information content (AvgIpc) is 2.76. The highest BCUT2D eigenvalue weighted by Gasteiger charge is 2.66. The first-order valence-corrected chi connectivity index (χ1v) is 7.73. The SMILES string of the molecule is CC(C)Cn1c(CO)nnc1C1C2C3CCC(C3)C12. The first kappa shape index (κ1) is 11.9. The number of fused-ring (bicyclic) bond motifs is 5. The highest BCUT2D eigenvalue weighted by Crippen LogP contribution is 2.72. The second-order valence-electron chi connectivity index (χ2n) is 7.15. The lowest BCUT2D eigenvalue weighted by Crippen LogP contribution is -2.13. The zero-order chi connectivity index (χ0) is 13.1. The zero-order valence-electron chi connectivity index (χ0n) is 11.8. The van der Waals surface area contributed by atoms with Gasteiger partial charge in [0.25, 0.3) is 0 Å². The van der Waals surface area contributed by atoms with Gasteiger partial charge < -0.3 is 9.67 Å². The van der Waals surface area contributed by atoms with Gasteiger partial charge in [-0.25, -0.2) is 0 Å². The predicted octanol–water partition coefficient (Wildman–Crippen LogP) is 2.19. The molecule has 3 aliphatic carbocycles. The first-order chi connectivity index (χ1) is 9.20. The highest BCUT2D eigenvalue weighted by molar-refractivity contribution is 5.25. The van der Waals surface area contributed by atoms with Crippen LogP contribution in [0, 0.1) is 29.6 Å². The van der Waals surface area contributed by atoms with Crippen LogP contribution in [-0.2, 0) is 13.2 Å². The molecule has 1 N–H and O–H groups in total. The van der Waals surface area contributed by atoms with Crippen LogP contribution in [0.4, 0.5) is 0 Å². The van der Waals surface area contributed by atoms with Crippen molar-refractivity contribution in [3.8, 4) is 0 Å². The van der Waals surface area contributed by atoms with Crippen molar-refractivity contribution in [2.45, 2.75) is 52.2 Å². The molecule has 1 aromatic heterocycles. The summed E-state index contributed by atoms with van der Waals surface area (Å²) in [5, 5.41) is 18.1. The Bertz CT molecular complexity index is 480. The van der Waals surface area contributed by atoms with E-state index in [0.29, 0.717) is 11.8 Å². The zero-order valence-corrected chi connectivity index (χ0v) is 11.8. The minimum Gasteiger partial charge on any atom is -0.388 e. The lowest BCUT2D eigenvalue weighted by molar-refractivity contribution is 0.261. The number of aliphatic hydroxyl groups is 1. The molecular formula is C15H23N3O. The molecule has 1 heterocycles. The number of aromatic nitrogens is 3. The van der Waals surface area contributed by atoms with Crippen molar-refractivity contribution >= 4 is 0 Å². The number of aliphatic hydroxyl groups excluding tert-OH is 1. The molecule has 0 saturated heterocycles. The van der Waals surface area contributed by atoms with Crippen LogP contribution in [0.15, 0.2) is 0 Å². The third-order valence-electron chi connectivity index (χ3n) is 5.58. The van der Waals surface area contributed by atoms with Gasteiger partial charge in [0.05, 0.1) is 0 Å². The van der Waals surface area contributed by atoms with E-state index in [1.54, 1.807) is 0 Å². The number of hydrogen-bond acceptors (Lipinski definition) is 3. The normalized spacial score (nSPS) is 39.1. The molecule has 0 radical (unpaired) electrons. The molecule has 0 aliphatic heterocycles. The molecule has 4 atom stereocenters. The molecule has 4 heteroatoms. The van der Waals surface area contributed by atoms with Crippen LogP contribution in [-0.4, -0.2) is 19.9 Å². The lowest BCUT2D eigenvalue weighted by atomic mass is 10.0. The van der Waals surface area contributed by atoms with Gasteiger partial charge in [-0.15, -0.1) is 10.2 Å². The summed E-state index contributed by atoms with van der Waals surface area (Å²) in [6.45, 7) is 5.36. The Balaban J connectivity index is 1.64. The molecule has 4 nitrogen and oxygen atoms in total. The summed E-state index contributed by atoms with van der Waals surface area (Å²) >= 11 is 0. The van der Waals surface area contributed by atoms with Crippen LogP contribution < -0.4 is 0 Å². The highest BCUT2D eigenvalue weighted by atomic mass is 16.3. The Morgan fingerprint density at radius 3 is 2.47 bits per heavy atom. The molecule has 3 aliphatic rings. The fraction of sp³-hybridized carbons (Fsp3) is 0.867. The molecule has 1 aromatic rings. The summed E-state index contributed by atoms with van der Waals surface area (Å²) in [4.78, 5) is 0. The number of nitrogens with zero attached hydrogens (tertiary/aromatic N) is 3. The van der Waals surface area contributed by atoms with Gasteiger partial charge in [0.1, 0.15) is 12.4 Å². The van der Waals surface area contributed by atoms with Crippen LogP contribution in [0.1, 0.15) is 50.7 Å². The average molecular weight is 261 g/mol. The van der Waals surface area contributed by atoms with Crippen LogP contribution in [0.25, 0.3) is 0 Å². The van der Waals surface area contributed by atoms with Crippen LogP contribution in [0.2, 0.25) is 0 Å². The molecule has 0 spiro atoms. The summed E-state index contributed by atoms with van der Waals surface area (Å²) in [7, 11) is 0. The minimum atomic E-state index is 0.00856. The maximum atomic E-state index is 9.44. The maximum absolute atomic E-state index is 9.44. The van der Waals surface area contributed by atoms with Gasteiger partial charge in [-0.05, 0) is 48.9 Å². The van der Waals surface area contributed by atoms with Gasteiger partial charge in [-0.2, -0.15) is 0 Å². The van der Waals surface area contributed by atoms with E-state index in [2.05, 4.69) is 28.6 Å². The lowest BCUT2D eigenvalue weighted by Gasteiger charge is -2.14. The Kier molecular flexibility index (Phi) is 2.53. The quantitative estimate of drug-likeness (QED) is 0.904.